The Hall–Kier alpha value is -3.27. The number of aromatic nitrogens is 1. The molecule has 2 aromatic rings. The minimum Gasteiger partial charge on any atom is -0.508 e. The Bertz CT molecular complexity index is 1020. The maximum absolute atomic E-state index is 14.5. The van der Waals surface area contributed by atoms with Crippen molar-refractivity contribution >= 4 is 11.7 Å². The molecular weight excluding hydrogens is 385 g/mol. The number of nitrogens with one attached hydrogen (secondary N) is 1. The highest BCUT2D eigenvalue weighted by Gasteiger charge is 2.26. The number of nitrogens with zero attached hydrogens (tertiary/aromatic N) is 2. The number of halogens is 1. The fourth-order valence-corrected chi connectivity index (χ4v) is 2.92. The highest BCUT2D eigenvalue weighted by molar-refractivity contribution is 5.93. The van der Waals surface area contributed by atoms with Crippen LogP contribution in [-0.4, -0.2) is 27.3 Å². The van der Waals surface area contributed by atoms with Gasteiger partial charge in [-0.1, -0.05) is 0 Å². The molecule has 6 nitrogen and oxygen atoms in total. The second kappa shape index (κ2) is 8.62. The van der Waals surface area contributed by atoms with Crippen molar-refractivity contribution in [1.82, 2.24) is 10.3 Å². The molecule has 2 N–H and O–H groups in total. The molecule has 30 heavy (non-hydrogen) atoms. The molecule has 0 saturated carbocycles. The van der Waals surface area contributed by atoms with Gasteiger partial charge in [-0.05, 0) is 70.0 Å². The summed E-state index contributed by atoms with van der Waals surface area (Å²) in [6.07, 6.45) is 1.22. The highest BCUT2D eigenvalue weighted by Crippen LogP contribution is 2.32. The predicted molar refractivity (Wildman–Crippen MR) is 111 cm³/mol. The van der Waals surface area contributed by atoms with E-state index in [-0.39, 0.29) is 47.1 Å². The van der Waals surface area contributed by atoms with E-state index in [4.69, 9.17) is 0 Å². The minimum atomic E-state index is -1.06. The lowest BCUT2D eigenvalue weighted by atomic mass is 9.84. The topological polar surface area (TPSA) is 103 Å². The number of pyridine rings is 1. The number of carbonyl (C=O) groups is 2. The van der Waals surface area contributed by atoms with E-state index in [2.05, 4.69) is 10.3 Å². The van der Waals surface area contributed by atoms with Gasteiger partial charge in [-0.25, -0.2) is 4.39 Å². The number of nitriles is 1. The summed E-state index contributed by atoms with van der Waals surface area (Å²) in [6.45, 7) is 8.70. The van der Waals surface area contributed by atoms with Crippen molar-refractivity contribution in [3.05, 3.63) is 58.7 Å². The second-order valence-electron chi connectivity index (χ2n) is 8.84. The van der Waals surface area contributed by atoms with Crippen LogP contribution in [0.25, 0.3) is 0 Å². The van der Waals surface area contributed by atoms with Crippen LogP contribution in [0.15, 0.2) is 30.5 Å². The van der Waals surface area contributed by atoms with Crippen LogP contribution in [0, 0.1) is 17.1 Å². The smallest absolute Gasteiger partial charge is 0.270 e. The Labute approximate surface area is 175 Å². The molecule has 0 radical (unpaired) electrons. The first-order chi connectivity index (χ1) is 13.8. The van der Waals surface area contributed by atoms with E-state index in [1.807, 2.05) is 26.8 Å². The average Bonchev–Trinajstić information content (AvgIpc) is 2.63. The van der Waals surface area contributed by atoms with Crippen molar-refractivity contribution in [2.75, 3.05) is 0 Å². The zero-order valence-electron chi connectivity index (χ0n) is 17.8. The van der Waals surface area contributed by atoms with Crippen LogP contribution < -0.4 is 5.32 Å². The van der Waals surface area contributed by atoms with Gasteiger partial charge in [0.05, 0.1) is 11.5 Å². The van der Waals surface area contributed by atoms with Crippen LogP contribution in [0.2, 0.25) is 0 Å². The fraction of sp³-hybridized carbons (Fsp3) is 0.391. The summed E-state index contributed by atoms with van der Waals surface area (Å²) < 4.78 is 14.5. The molecule has 158 valence electrons. The Morgan fingerprint density at radius 3 is 2.43 bits per heavy atom. The van der Waals surface area contributed by atoms with Gasteiger partial charge < -0.3 is 10.4 Å². The molecule has 0 unspecified atom stereocenters. The Balaban J connectivity index is 2.15. The molecular formula is C23H26FN3O3. The second-order valence-corrected chi connectivity index (χ2v) is 8.84. The summed E-state index contributed by atoms with van der Waals surface area (Å²) in [5, 5.41) is 22.2. The van der Waals surface area contributed by atoms with E-state index in [0.717, 1.165) is 6.07 Å². The molecule has 1 aromatic carbocycles. The summed E-state index contributed by atoms with van der Waals surface area (Å²) >= 11 is 0. The first-order valence-corrected chi connectivity index (χ1v) is 9.54. The molecule has 2 rings (SSSR count). The van der Waals surface area contributed by atoms with Crippen molar-refractivity contribution in [3.8, 4) is 11.8 Å². The van der Waals surface area contributed by atoms with Crippen LogP contribution in [0.4, 0.5) is 4.39 Å². The highest BCUT2D eigenvalue weighted by atomic mass is 19.1. The van der Waals surface area contributed by atoms with Gasteiger partial charge in [0.25, 0.3) is 5.91 Å². The molecule has 0 spiro atoms. The number of aromatic hydroxyl groups is 1. The molecule has 0 saturated heterocycles. The van der Waals surface area contributed by atoms with Crippen molar-refractivity contribution in [1.29, 1.82) is 5.26 Å². The Kier molecular flexibility index (Phi) is 6.61. The van der Waals surface area contributed by atoms with E-state index in [9.17, 15) is 24.3 Å². The molecule has 0 atom stereocenters. The summed E-state index contributed by atoms with van der Waals surface area (Å²) in [5.41, 5.74) is -0.481. The first-order valence-electron chi connectivity index (χ1n) is 9.54. The molecule has 0 aliphatic heterocycles. The monoisotopic (exact) mass is 411 g/mol. The Morgan fingerprint density at radius 1 is 1.17 bits per heavy atom. The first kappa shape index (κ1) is 23.0. The number of amides is 1. The van der Waals surface area contributed by atoms with Gasteiger partial charge in [-0.3, -0.25) is 14.6 Å². The Morgan fingerprint density at radius 2 is 1.83 bits per heavy atom. The fourth-order valence-electron chi connectivity index (χ4n) is 2.92. The maximum Gasteiger partial charge on any atom is 0.270 e. The number of phenols is 1. The van der Waals surface area contributed by atoms with E-state index in [1.54, 1.807) is 19.9 Å². The maximum atomic E-state index is 14.5. The third-order valence-corrected chi connectivity index (χ3v) is 4.45. The van der Waals surface area contributed by atoms with Gasteiger partial charge in [-0.15, -0.1) is 0 Å². The number of benzene rings is 1. The van der Waals surface area contributed by atoms with Crippen LogP contribution >= 0.6 is 0 Å². The number of carbonyl (C=O) groups excluding carboxylic acids is 2. The lowest BCUT2D eigenvalue weighted by molar-refractivity contribution is -0.117. The van der Waals surface area contributed by atoms with Gasteiger partial charge in [0.15, 0.2) is 0 Å². The van der Waals surface area contributed by atoms with Gasteiger partial charge >= 0.3 is 0 Å². The lowest BCUT2D eigenvalue weighted by Gasteiger charge is -2.20. The number of hydrogen-bond acceptors (Lipinski definition) is 5. The van der Waals surface area contributed by atoms with E-state index < -0.39 is 16.8 Å². The van der Waals surface area contributed by atoms with Gasteiger partial charge in [0.1, 0.15) is 23.0 Å². The van der Waals surface area contributed by atoms with Gasteiger partial charge in [0.2, 0.25) is 0 Å². The summed E-state index contributed by atoms with van der Waals surface area (Å²) in [7, 11) is 0. The minimum absolute atomic E-state index is 0.00996. The van der Waals surface area contributed by atoms with Gasteiger partial charge in [0, 0.05) is 30.1 Å². The predicted octanol–water partition coefficient (Wildman–Crippen LogP) is 3.61. The average molecular weight is 411 g/mol. The molecule has 0 aliphatic carbocycles. The quantitative estimate of drug-likeness (QED) is 0.756. The third-order valence-electron chi connectivity index (χ3n) is 4.45. The molecule has 1 heterocycles. The van der Waals surface area contributed by atoms with Crippen molar-refractivity contribution < 1.29 is 19.1 Å². The molecule has 0 bridgehead atoms. The molecule has 7 heteroatoms. The van der Waals surface area contributed by atoms with E-state index in [1.165, 1.54) is 18.3 Å². The lowest BCUT2D eigenvalue weighted by Crippen LogP contribution is -2.40. The number of Topliss-reactive ketones (excluding diaryl/α,β-unsaturated/α-hetero) is 1. The summed E-state index contributed by atoms with van der Waals surface area (Å²) in [5.74, 6) is -1.51. The number of phenolic OH excluding ortho intramolecular Hbond substituents is 1. The van der Waals surface area contributed by atoms with Crippen LogP contribution in [0.1, 0.15) is 61.8 Å². The number of rotatable bonds is 6. The van der Waals surface area contributed by atoms with Crippen LogP contribution in [-0.2, 0) is 23.1 Å². The normalized spacial score (nSPS) is 11.6. The number of ketones is 1. The molecule has 1 aromatic heterocycles. The SMILES string of the molecule is CC(C)(C)NC(=O)c1cc(CC(=O)Cc2cc(O)c(C(C)(C)C#N)cc2F)ccn1. The zero-order valence-corrected chi connectivity index (χ0v) is 17.8. The molecule has 1 amide bonds. The number of hydrogen-bond donors (Lipinski definition) is 2. The van der Waals surface area contributed by atoms with Gasteiger partial charge in [-0.2, -0.15) is 5.26 Å². The zero-order chi connectivity index (χ0) is 22.7. The van der Waals surface area contributed by atoms with Crippen molar-refractivity contribution in [2.45, 2.75) is 58.4 Å². The van der Waals surface area contributed by atoms with Crippen molar-refractivity contribution in [3.63, 3.8) is 0 Å². The van der Waals surface area contributed by atoms with Crippen LogP contribution in [0.3, 0.4) is 0 Å². The summed E-state index contributed by atoms with van der Waals surface area (Å²) in [6, 6.07) is 7.46. The van der Waals surface area contributed by atoms with Crippen LogP contribution in [0.5, 0.6) is 5.75 Å². The molecule has 0 aliphatic rings. The third kappa shape index (κ3) is 5.86. The van der Waals surface area contributed by atoms with E-state index >= 15 is 0 Å². The standard InChI is InChI=1S/C23H26FN3O3/c1-22(2,3)27-21(30)19-9-14(6-7-26-19)8-16(28)10-15-11-20(29)17(12-18(15)24)23(4,5)13-25/h6-7,9,11-12,29H,8,10H2,1-5H3,(H,27,30). The van der Waals surface area contributed by atoms with E-state index in [0.29, 0.717) is 5.56 Å². The largest absolute Gasteiger partial charge is 0.508 e. The molecule has 0 fully saturated rings. The summed E-state index contributed by atoms with van der Waals surface area (Å²) in [4.78, 5) is 28.8. The van der Waals surface area contributed by atoms with Crippen molar-refractivity contribution in [2.24, 2.45) is 0 Å².